The van der Waals surface area contributed by atoms with Crippen molar-refractivity contribution in [1.29, 1.82) is 0 Å². The fourth-order valence-electron chi connectivity index (χ4n) is 3.12. The molecule has 1 aliphatic carbocycles. The van der Waals surface area contributed by atoms with Gasteiger partial charge in [0.15, 0.2) is 6.61 Å². The highest BCUT2D eigenvalue weighted by Gasteiger charge is 2.36. The predicted octanol–water partition coefficient (Wildman–Crippen LogP) is 2.76. The molecule has 4 rings (SSSR count). The molecular formula is C18H21N3O3. The van der Waals surface area contributed by atoms with Gasteiger partial charge in [-0.15, -0.1) is 0 Å². The SMILES string of the molecule is O=C(C1CC1)N1CCC[C@H](c2nc(COc3ccccc3)no2)C1. The third-order valence-corrected chi connectivity index (χ3v) is 4.60. The minimum Gasteiger partial charge on any atom is -0.485 e. The molecule has 1 saturated heterocycles. The lowest BCUT2D eigenvalue weighted by molar-refractivity contribution is -0.133. The molecule has 126 valence electrons. The minimum atomic E-state index is 0.138. The van der Waals surface area contributed by atoms with Gasteiger partial charge in [-0.2, -0.15) is 4.98 Å². The van der Waals surface area contributed by atoms with Crippen LogP contribution >= 0.6 is 0 Å². The average molecular weight is 327 g/mol. The zero-order chi connectivity index (χ0) is 16.4. The van der Waals surface area contributed by atoms with Crippen molar-refractivity contribution >= 4 is 5.91 Å². The molecule has 0 bridgehead atoms. The molecular weight excluding hydrogens is 306 g/mol. The van der Waals surface area contributed by atoms with Crippen LogP contribution in [0.4, 0.5) is 0 Å². The van der Waals surface area contributed by atoms with Crippen LogP contribution in [0.5, 0.6) is 5.75 Å². The summed E-state index contributed by atoms with van der Waals surface area (Å²) in [6, 6.07) is 9.57. The quantitative estimate of drug-likeness (QED) is 0.844. The lowest BCUT2D eigenvalue weighted by Crippen LogP contribution is -2.40. The molecule has 0 unspecified atom stereocenters. The Hall–Kier alpha value is -2.37. The number of carbonyl (C=O) groups excluding carboxylic acids is 1. The van der Waals surface area contributed by atoms with E-state index in [-0.39, 0.29) is 18.4 Å². The zero-order valence-electron chi connectivity index (χ0n) is 13.6. The maximum atomic E-state index is 12.2. The van der Waals surface area contributed by atoms with Crippen LogP contribution in [0.2, 0.25) is 0 Å². The van der Waals surface area contributed by atoms with Gasteiger partial charge in [0.05, 0.1) is 5.92 Å². The fourth-order valence-corrected chi connectivity index (χ4v) is 3.12. The van der Waals surface area contributed by atoms with Crippen LogP contribution in [0.3, 0.4) is 0 Å². The van der Waals surface area contributed by atoms with Crippen LogP contribution in [0.15, 0.2) is 34.9 Å². The van der Waals surface area contributed by atoms with Crippen molar-refractivity contribution in [3.8, 4) is 5.75 Å². The number of nitrogens with zero attached hydrogens (tertiary/aromatic N) is 3. The number of hydrogen-bond donors (Lipinski definition) is 0. The van der Waals surface area contributed by atoms with Crippen LogP contribution in [0.25, 0.3) is 0 Å². The summed E-state index contributed by atoms with van der Waals surface area (Å²) in [7, 11) is 0. The summed E-state index contributed by atoms with van der Waals surface area (Å²) in [6.07, 6.45) is 4.06. The third kappa shape index (κ3) is 3.42. The van der Waals surface area contributed by atoms with Crippen LogP contribution in [0, 0.1) is 5.92 Å². The zero-order valence-corrected chi connectivity index (χ0v) is 13.6. The Kier molecular flexibility index (Phi) is 4.19. The van der Waals surface area contributed by atoms with Crippen molar-refractivity contribution in [3.63, 3.8) is 0 Å². The second-order valence-corrected chi connectivity index (χ2v) is 6.55. The summed E-state index contributed by atoms with van der Waals surface area (Å²) in [4.78, 5) is 18.7. The first-order valence-electron chi connectivity index (χ1n) is 8.59. The number of hydrogen-bond acceptors (Lipinski definition) is 5. The topological polar surface area (TPSA) is 68.5 Å². The van der Waals surface area contributed by atoms with E-state index in [9.17, 15) is 4.79 Å². The van der Waals surface area contributed by atoms with Crippen LogP contribution in [0.1, 0.15) is 43.3 Å². The molecule has 0 spiro atoms. The van der Waals surface area contributed by atoms with Crippen molar-refractivity contribution in [2.24, 2.45) is 5.92 Å². The van der Waals surface area contributed by atoms with Crippen molar-refractivity contribution in [1.82, 2.24) is 15.0 Å². The molecule has 1 amide bonds. The van der Waals surface area contributed by atoms with E-state index < -0.39 is 0 Å². The van der Waals surface area contributed by atoms with Crippen LogP contribution in [-0.2, 0) is 11.4 Å². The van der Waals surface area contributed by atoms with E-state index >= 15 is 0 Å². The second-order valence-electron chi connectivity index (χ2n) is 6.55. The second kappa shape index (κ2) is 6.63. The first kappa shape index (κ1) is 15.2. The number of ether oxygens (including phenoxy) is 1. The van der Waals surface area contributed by atoms with E-state index in [4.69, 9.17) is 9.26 Å². The standard InChI is InChI=1S/C18H21N3O3/c22-18(13-8-9-13)21-10-4-5-14(11-21)17-19-16(20-24-17)12-23-15-6-2-1-3-7-15/h1-3,6-7,13-14H,4-5,8-12H2/t14-/m0/s1. The van der Waals surface area contributed by atoms with Crippen molar-refractivity contribution in [2.45, 2.75) is 38.2 Å². The highest BCUT2D eigenvalue weighted by Crippen LogP contribution is 2.34. The Balaban J connectivity index is 1.36. The minimum absolute atomic E-state index is 0.138. The van der Waals surface area contributed by atoms with E-state index in [2.05, 4.69) is 10.1 Å². The lowest BCUT2D eigenvalue weighted by Gasteiger charge is -2.31. The molecule has 2 heterocycles. The third-order valence-electron chi connectivity index (χ3n) is 4.60. The molecule has 1 saturated carbocycles. The Morgan fingerprint density at radius 3 is 2.88 bits per heavy atom. The summed E-state index contributed by atoms with van der Waals surface area (Å²) in [6.45, 7) is 1.82. The van der Waals surface area contributed by atoms with Gasteiger partial charge in [0.25, 0.3) is 0 Å². The number of rotatable bonds is 5. The van der Waals surface area contributed by atoms with Crippen molar-refractivity contribution in [3.05, 3.63) is 42.0 Å². The molecule has 2 fully saturated rings. The highest BCUT2D eigenvalue weighted by molar-refractivity contribution is 5.81. The summed E-state index contributed by atoms with van der Waals surface area (Å²) >= 11 is 0. The maximum Gasteiger partial charge on any atom is 0.231 e. The summed E-state index contributed by atoms with van der Waals surface area (Å²) in [5, 5.41) is 4.01. The van der Waals surface area contributed by atoms with Gasteiger partial charge in [0.2, 0.25) is 17.6 Å². The first-order valence-corrected chi connectivity index (χ1v) is 8.59. The number of piperidine rings is 1. The molecule has 1 aromatic heterocycles. The number of carbonyl (C=O) groups is 1. The number of aromatic nitrogens is 2. The van der Waals surface area contributed by atoms with E-state index in [0.29, 0.717) is 24.2 Å². The highest BCUT2D eigenvalue weighted by atomic mass is 16.5. The molecule has 6 heteroatoms. The fraction of sp³-hybridized carbons (Fsp3) is 0.500. The molecule has 1 atom stereocenters. The van der Waals surface area contributed by atoms with Crippen molar-refractivity contribution in [2.75, 3.05) is 13.1 Å². The van der Waals surface area contributed by atoms with Gasteiger partial charge in [0, 0.05) is 19.0 Å². The van der Waals surface area contributed by atoms with E-state index in [1.807, 2.05) is 35.2 Å². The average Bonchev–Trinajstić information content (AvgIpc) is 3.38. The predicted molar refractivity (Wildman–Crippen MR) is 86.4 cm³/mol. The lowest BCUT2D eigenvalue weighted by atomic mass is 9.97. The Morgan fingerprint density at radius 1 is 1.25 bits per heavy atom. The summed E-state index contributed by atoms with van der Waals surface area (Å²) < 4.78 is 11.1. The van der Waals surface area contributed by atoms with E-state index in [1.54, 1.807) is 0 Å². The van der Waals surface area contributed by atoms with Crippen LogP contribution in [-0.4, -0.2) is 34.0 Å². The molecule has 1 aliphatic heterocycles. The molecule has 0 radical (unpaired) electrons. The van der Waals surface area contributed by atoms with Gasteiger partial charge in [0.1, 0.15) is 5.75 Å². The maximum absolute atomic E-state index is 12.2. The number of likely N-dealkylation sites (tertiary alicyclic amines) is 1. The van der Waals surface area contributed by atoms with Crippen molar-refractivity contribution < 1.29 is 14.1 Å². The van der Waals surface area contributed by atoms with Gasteiger partial charge in [-0.1, -0.05) is 23.4 Å². The van der Waals surface area contributed by atoms with Gasteiger partial charge in [-0.05, 0) is 37.8 Å². The Labute approximate surface area is 140 Å². The first-order chi connectivity index (χ1) is 11.8. The van der Waals surface area contributed by atoms with Gasteiger partial charge in [-0.3, -0.25) is 4.79 Å². The molecule has 1 aromatic carbocycles. The van der Waals surface area contributed by atoms with Crippen LogP contribution < -0.4 is 4.74 Å². The van der Waals surface area contributed by atoms with E-state index in [0.717, 1.165) is 38.0 Å². The number of para-hydroxylation sites is 1. The van der Waals surface area contributed by atoms with Gasteiger partial charge < -0.3 is 14.2 Å². The smallest absolute Gasteiger partial charge is 0.231 e. The molecule has 0 N–H and O–H groups in total. The summed E-state index contributed by atoms with van der Waals surface area (Å²) in [5.74, 6) is 2.64. The largest absolute Gasteiger partial charge is 0.485 e. The molecule has 24 heavy (non-hydrogen) atoms. The number of benzene rings is 1. The Bertz CT molecular complexity index is 697. The molecule has 2 aliphatic rings. The van der Waals surface area contributed by atoms with E-state index in [1.165, 1.54) is 0 Å². The Morgan fingerprint density at radius 2 is 2.08 bits per heavy atom. The van der Waals surface area contributed by atoms with Gasteiger partial charge >= 0.3 is 0 Å². The molecule has 2 aromatic rings. The number of amides is 1. The monoisotopic (exact) mass is 327 g/mol. The summed E-state index contributed by atoms with van der Waals surface area (Å²) in [5.41, 5.74) is 0. The van der Waals surface area contributed by atoms with Gasteiger partial charge in [-0.25, -0.2) is 0 Å². The molecule has 6 nitrogen and oxygen atoms in total. The normalized spacial score (nSPS) is 20.8.